The van der Waals surface area contributed by atoms with Crippen LogP contribution in [0, 0.1) is 5.92 Å². The molecule has 5 rings (SSSR count). The number of rotatable bonds is 10. The number of carbonyl (C=O) groups excluding carboxylic acids is 1. The van der Waals surface area contributed by atoms with E-state index in [0.29, 0.717) is 36.6 Å². The average molecular weight is 632 g/mol. The number of nitrogens with zero attached hydrogens (tertiary/aromatic N) is 4. The third-order valence-electron chi connectivity index (χ3n) is 8.13. The van der Waals surface area contributed by atoms with Crippen molar-refractivity contribution in [1.82, 2.24) is 19.4 Å². The largest absolute Gasteiger partial charge is 0.488 e. The van der Waals surface area contributed by atoms with Gasteiger partial charge in [-0.25, -0.2) is 4.98 Å². The smallest absolute Gasteiger partial charge is 0.280 e. The number of anilines is 1. The molecule has 45 heavy (non-hydrogen) atoms. The van der Waals surface area contributed by atoms with E-state index in [2.05, 4.69) is 57.9 Å². The predicted octanol–water partition coefficient (Wildman–Crippen LogP) is 4.17. The molecule has 1 aromatic heterocycles. The number of sulfonamides is 1. The van der Waals surface area contributed by atoms with Gasteiger partial charge in [-0.3, -0.25) is 14.4 Å². The minimum absolute atomic E-state index is 0.00186. The molecule has 238 valence electrons. The molecule has 4 aromatic rings. The van der Waals surface area contributed by atoms with E-state index in [-0.39, 0.29) is 42.0 Å². The van der Waals surface area contributed by atoms with Crippen molar-refractivity contribution < 1.29 is 23.1 Å². The minimum atomic E-state index is -3.93. The monoisotopic (exact) mass is 631 g/mol. The van der Waals surface area contributed by atoms with Crippen LogP contribution in [0.4, 0.5) is 5.69 Å². The van der Waals surface area contributed by atoms with Gasteiger partial charge in [-0.2, -0.15) is 8.42 Å². The van der Waals surface area contributed by atoms with Crippen LogP contribution in [0.2, 0.25) is 0 Å². The molecule has 3 aromatic carbocycles. The maximum atomic E-state index is 13.5. The fourth-order valence-corrected chi connectivity index (χ4v) is 6.60. The lowest BCUT2D eigenvalue weighted by molar-refractivity contribution is -0.134. The van der Waals surface area contributed by atoms with E-state index in [1.54, 1.807) is 34.7 Å². The first kappa shape index (κ1) is 32.2. The molecular formula is C34H41N5O5S. The highest BCUT2D eigenvalue weighted by Crippen LogP contribution is 2.30. The third kappa shape index (κ3) is 7.91. The zero-order valence-corrected chi connectivity index (χ0v) is 26.9. The summed E-state index contributed by atoms with van der Waals surface area (Å²) < 4.78 is 36.6. The van der Waals surface area contributed by atoms with Gasteiger partial charge in [0.2, 0.25) is 5.91 Å². The van der Waals surface area contributed by atoms with Crippen LogP contribution < -0.4 is 9.46 Å². The molecule has 2 N–H and O–H groups in total. The number of aromatic nitrogens is 2. The number of fused-ring (bicyclic) bond motifs is 1. The second-order valence-electron chi connectivity index (χ2n) is 12.0. The number of aliphatic hydroxyl groups is 1. The van der Waals surface area contributed by atoms with Crippen LogP contribution in [-0.4, -0.2) is 77.7 Å². The van der Waals surface area contributed by atoms with Gasteiger partial charge >= 0.3 is 0 Å². The Morgan fingerprint density at radius 1 is 1.09 bits per heavy atom. The molecule has 1 aliphatic heterocycles. The van der Waals surface area contributed by atoms with E-state index < -0.39 is 10.0 Å². The van der Waals surface area contributed by atoms with Gasteiger partial charge in [0.15, 0.2) is 5.03 Å². The Morgan fingerprint density at radius 3 is 2.47 bits per heavy atom. The van der Waals surface area contributed by atoms with Gasteiger partial charge < -0.3 is 19.3 Å². The first-order valence-corrected chi connectivity index (χ1v) is 16.5. The summed E-state index contributed by atoms with van der Waals surface area (Å²) in [5.41, 5.74) is 4.37. The number of hydrogen-bond acceptors (Lipinski definition) is 7. The number of amides is 1. The van der Waals surface area contributed by atoms with Gasteiger partial charge in [0, 0.05) is 50.0 Å². The molecule has 0 bridgehead atoms. The summed E-state index contributed by atoms with van der Waals surface area (Å²) in [4.78, 5) is 21.4. The molecule has 0 aliphatic carbocycles. The summed E-state index contributed by atoms with van der Waals surface area (Å²) in [7, 11) is -0.187. The van der Waals surface area contributed by atoms with Gasteiger partial charge in [-0.15, -0.1) is 0 Å². The van der Waals surface area contributed by atoms with E-state index in [4.69, 9.17) is 4.74 Å². The highest BCUT2D eigenvalue weighted by molar-refractivity contribution is 7.92. The van der Waals surface area contributed by atoms with E-state index >= 15 is 0 Å². The van der Waals surface area contributed by atoms with Crippen LogP contribution in [0.3, 0.4) is 0 Å². The maximum absolute atomic E-state index is 13.5. The van der Waals surface area contributed by atoms with Crippen LogP contribution >= 0.6 is 0 Å². The van der Waals surface area contributed by atoms with E-state index in [1.807, 2.05) is 32.2 Å². The predicted molar refractivity (Wildman–Crippen MR) is 174 cm³/mol. The molecule has 11 heteroatoms. The van der Waals surface area contributed by atoms with Gasteiger partial charge in [0.25, 0.3) is 10.0 Å². The number of benzene rings is 3. The molecule has 0 unspecified atom stereocenters. The number of carbonyl (C=O) groups is 1. The molecule has 0 fully saturated rings. The van der Waals surface area contributed by atoms with Gasteiger partial charge in [0.05, 0.1) is 25.4 Å². The second-order valence-corrected chi connectivity index (χ2v) is 13.6. The lowest BCUT2D eigenvalue weighted by atomic mass is 10.0. The second kappa shape index (κ2) is 13.8. The lowest BCUT2D eigenvalue weighted by Gasteiger charge is -2.34. The molecule has 1 amide bonds. The number of aliphatic hydroxyl groups excluding tert-OH is 1. The molecule has 10 nitrogen and oxygen atoms in total. The number of hydrogen-bond donors (Lipinski definition) is 2. The van der Waals surface area contributed by atoms with Crippen molar-refractivity contribution in [2.75, 3.05) is 31.5 Å². The summed E-state index contributed by atoms with van der Waals surface area (Å²) in [6.45, 7) is 5.42. The van der Waals surface area contributed by atoms with Crippen LogP contribution in [0.15, 0.2) is 90.3 Å². The fourth-order valence-electron chi connectivity index (χ4n) is 5.56. The quantitative estimate of drug-likeness (QED) is 0.270. The van der Waals surface area contributed by atoms with E-state index in [0.717, 1.165) is 5.56 Å². The number of likely N-dealkylation sites (N-methyl/N-ethyl adjacent to an activating group) is 1. The SMILES string of the molecule is C[C@H](CO)N1C[C@H](C)[C@H](CN(C)Cc2ccc(-c3ccccc3)cc2)Oc2ccc(NS(=O)(=O)c3cn(C)cn3)cc2CC1=O. The van der Waals surface area contributed by atoms with Crippen molar-refractivity contribution in [2.45, 2.75) is 44.0 Å². The Morgan fingerprint density at radius 2 is 1.80 bits per heavy atom. The first-order chi connectivity index (χ1) is 21.5. The Balaban J connectivity index is 1.37. The summed E-state index contributed by atoms with van der Waals surface area (Å²) >= 11 is 0. The van der Waals surface area contributed by atoms with Crippen molar-refractivity contribution in [3.63, 3.8) is 0 Å². The van der Waals surface area contributed by atoms with Gasteiger partial charge in [-0.1, -0.05) is 61.5 Å². The minimum Gasteiger partial charge on any atom is -0.488 e. The van der Waals surface area contributed by atoms with Crippen LogP contribution in [-0.2, 0) is 34.8 Å². The van der Waals surface area contributed by atoms with Gasteiger partial charge in [0.1, 0.15) is 11.9 Å². The summed E-state index contributed by atoms with van der Waals surface area (Å²) in [6, 6.07) is 23.4. The normalized spacial score (nSPS) is 18.0. The summed E-state index contributed by atoms with van der Waals surface area (Å²) in [5.74, 6) is 0.310. The highest BCUT2D eigenvalue weighted by Gasteiger charge is 2.31. The van der Waals surface area contributed by atoms with E-state index in [1.165, 1.54) is 23.7 Å². The van der Waals surface area contributed by atoms with Crippen molar-refractivity contribution in [3.8, 4) is 16.9 Å². The molecule has 0 spiro atoms. The van der Waals surface area contributed by atoms with Crippen LogP contribution in [0.25, 0.3) is 11.1 Å². The Hall–Kier alpha value is -4.19. The zero-order chi connectivity index (χ0) is 32.1. The van der Waals surface area contributed by atoms with Crippen molar-refractivity contribution in [3.05, 3.63) is 96.4 Å². The Bertz CT molecular complexity index is 1710. The summed E-state index contributed by atoms with van der Waals surface area (Å²) in [5, 5.41) is 9.85. The lowest BCUT2D eigenvalue weighted by Crippen LogP contribution is -2.47. The van der Waals surface area contributed by atoms with E-state index in [9.17, 15) is 18.3 Å². The molecule has 0 saturated heterocycles. The van der Waals surface area contributed by atoms with Crippen molar-refractivity contribution in [2.24, 2.45) is 13.0 Å². The number of ether oxygens (including phenoxy) is 1. The topological polar surface area (TPSA) is 117 Å². The maximum Gasteiger partial charge on any atom is 0.280 e. The molecule has 0 saturated carbocycles. The molecule has 2 heterocycles. The Labute approximate surface area is 265 Å². The van der Waals surface area contributed by atoms with Crippen molar-refractivity contribution >= 4 is 21.6 Å². The first-order valence-electron chi connectivity index (χ1n) is 15.1. The highest BCUT2D eigenvalue weighted by atomic mass is 32.2. The number of nitrogens with one attached hydrogen (secondary N) is 1. The molecular weight excluding hydrogens is 590 g/mol. The van der Waals surface area contributed by atoms with Crippen molar-refractivity contribution in [1.29, 1.82) is 0 Å². The molecule has 1 aliphatic rings. The number of aryl methyl sites for hydroxylation is 1. The molecule has 3 atom stereocenters. The zero-order valence-electron chi connectivity index (χ0n) is 26.1. The average Bonchev–Trinajstić information content (AvgIpc) is 3.49. The third-order valence-corrected chi connectivity index (χ3v) is 9.40. The van der Waals surface area contributed by atoms with Crippen LogP contribution in [0.5, 0.6) is 5.75 Å². The molecule has 0 radical (unpaired) electrons. The number of imidazole rings is 1. The fraction of sp³-hybridized carbons (Fsp3) is 0.353. The van der Waals surface area contributed by atoms with Gasteiger partial charge in [-0.05, 0) is 48.9 Å². The standard InChI is InChI=1S/C34H41N5O5S/c1-24-18-39(25(2)22-40)34(41)17-29-16-30(36-45(42,43)33-21-38(4)23-35-33)14-15-31(29)44-32(24)20-37(3)19-26-10-12-28(13-11-26)27-8-6-5-7-9-27/h5-16,21,23-25,32,36,40H,17-20,22H2,1-4H3/t24-,25+,32-/m0/s1. The summed E-state index contributed by atoms with van der Waals surface area (Å²) in [6.07, 6.45) is 2.55. The Kier molecular flexibility index (Phi) is 9.91. The van der Waals surface area contributed by atoms with Crippen LogP contribution in [0.1, 0.15) is 25.0 Å².